The lowest BCUT2D eigenvalue weighted by Gasteiger charge is -2.25. The van der Waals surface area contributed by atoms with E-state index in [-0.39, 0.29) is 37.2 Å². The van der Waals surface area contributed by atoms with Gasteiger partial charge in [-0.15, -0.1) is 0 Å². The Morgan fingerprint density at radius 1 is 0.380 bits per heavy atom. The minimum Gasteiger partial charge on any atom is -0.485 e. The van der Waals surface area contributed by atoms with Crippen molar-refractivity contribution in [3.8, 4) is 23.0 Å². The van der Waals surface area contributed by atoms with Crippen molar-refractivity contribution in [3.05, 3.63) is 227 Å². The topological polar surface area (TPSA) is 145 Å². The molecule has 13 heteroatoms. The summed E-state index contributed by atoms with van der Waals surface area (Å²) in [6, 6.07) is 61.0. The molecule has 0 aliphatic rings. The molecule has 0 bridgehead atoms. The summed E-state index contributed by atoms with van der Waals surface area (Å²) in [5.74, 6) is 2.25. The molecule has 4 amide bonds. The number of aryl methyl sites for hydroxylation is 2. The Morgan fingerprint density at radius 2 is 0.747 bits per heavy atom. The third-order valence-electron chi connectivity index (χ3n) is 13.1. The van der Waals surface area contributed by atoms with Gasteiger partial charge >= 0.3 is 6.09 Å². The number of benzene rings is 7. The summed E-state index contributed by atoms with van der Waals surface area (Å²) in [6.45, 7) is 5.68. The van der Waals surface area contributed by atoms with Gasteiger partial charge in [-0.1, -0.05) is 164 Å². The molecule has 0 atom stereocenters. The molecule has 0 aliphatic heterocycles. The van der Waals surface area contributed by atoms with Gasteiger partial charge in [0, 0.05) is 59.0 Å². The first-order chi connectivity index (χ1) is 38.7. The molecule has 0 unspecified atom stereocenters. The number of amides is 4. The van der Waals surface area contributed by atoms with Crippen LogP contribution in [-0.2, 0) is 65.0 Å². The summed E-state index contributed by atoms with van der Waals surface area (Å²) in [5.41, 5.74) is 6.91. The average molecular weight is 1070 g/mol. The molecule has 0 aromatic heterocycles. The molecule has 0 spiro atoms. The van der Waals surface area contributed by atoms with E-state index in [9.17, 15) is 19.2 Å². The lowest BCUT2D eigenvalue weighted by molar-refractivity contribution is -0.131. The van der Waals surface area contributed by atoms with E-state index in [0.29, 0.717) is 127 Å². The Morgan fingerprint density at radius 3 is 1.19 bits per heavy atom. The first-order valence-corrected chi connectivity index (χ1v) is 27.4. The number of hydrogen-bond acceptors (Lipinski definition) is 9. The summed E-state index contributed by atoms with van der Waals surface area (Å²) in [4.78, 5) is 56.0. The summed E-state index contributed by atoms with van der Waals surface area (Å²) < 4.78 is 30.8. The maximum atomic E-state index is 14.0. The molecule has 79 heavy (non-hydrogen) atoms. The number of nitrogens with zero attached hydrogens (tertiary/aromatic N) is 2. The lowest BCUT2D eigenvalue weighted by Crippen LogP contribution is -2.37. The van der Waals surface area contributed by atoms with Crippen LogP contribution in [0.3, 0.4) is 0 Å². The standard InChI is InChI=1S/C66H74N4O9/c1-52(71)67-39-19-43-69(65(73)38-34-54-32-36-61(76-48-56-23-9-3-10-24-56)63(46-54)78-50-58-27-13-5-14-28-58)41-17-18-42-70(66(74)79-51-59-29-15-6-16-30-59)44-20-40-68-64(72)37-33-53-31-35-60(75-47-55-21-7-2-8-22-55)62(45-53)77-49-57-25-11-4-12-26-57/h2-16,21-32,35-36,45-46H,17-20,33-34,37-44,47-51H2,1H3,(H,67,71)(H,68,72). The lowest BCUT2D eigenvalue weighted by atomic mass is 10.1. The zero-order chi connectivity index (χ0) is 55.1. The quantitative estimate of drug-likeness (QED) is 0.0384. The molecule has 0 saturated carbocycles. The van der Waals surface area contributed by atoms with Crippen molar-refractivity contribution >= 4 is 23.8 Å². The van der Waals surface area contributed by atoms with Crippen LogP contribution < -0.4 is 29.6 Å². The second-order valence-electron chi connectivity index (χ2n) is 19.3. The van der Waals surface area contributed by atoms with Crippen molar-refractivity contribution in [3.63, 3.8) is 0 Å². The molecule has 0 radical (unpaired) electrons. The van der Waals surface area contributed by atoms with E-state index in [4.69, 9.17) is 23.7 Å². The first kappa shape index (κ1) is 58.1. The molecule has 0 aliphatic carbocycles. The fourth-order valence-electron chi connectivity index (χ4n) is 8.68. The third-order valence-corrected chi connectivity index (χ3v) is 13.1. The van der Waals surface area contributed by atoms with Gasteiger partial charge in [0.15, 0.2) is 23.0 Å². The van der Waals surface area contributed by atoms with Crippen molar-refractivity contribution in [2.24, 2.45) is 0 Å². The van der Waals surface area contributed by atoms with Crippen molar-refractivity contribution in [2.45, 2.75) is 91.3 Å². The van der Waals surface area contributed by atoms with Crippen LogP contribution in [0.4, 0.5) is 4.79 Å². The molecule has 0 fully saturated rings. The predicted octanol–water partition coefficient (Wildman–Crippen LogP) is 11.8. The number of rotatable bonds is 33. The average Bonchev–Trinajstić information content (AvgIpc) is 3.49. The number of ether oxygens (including phenoxy) is 5. The van der Waals surface area contributed by atoms with Gasteiger partial charge < -0.3 is 44.1 Å². The minimum absolute atomic E-state index is 0.00412. The van der Waals surface area contributed by atoms with Crippen LogP contribution in [0.25, 0.3) is 0 Å². The largest absolute Gasteiger partial charge is 0.485 e. The van der Waals surface area contributed by atoms with Gasteiger partial charge in [-0.05, 0) is 102 Å². The van der Waals surface area contributed by atoms with Crippen LogP contribution in [0.2, 0.25) is 0 Å². The van der Waals surface area contributed by atoms with E-state index in [0.717, 1.165) is 38.9 Å². The van der Waals surface area contributed by atoms with Crippen LogP contribution in [0.1, 0.15) is 84.4 Å². The SMILES string of the molecule is CC(=O)NCCCN(CCCCN(CCCNC(=O)CCc1ccc(OCc2ccccc2)c(OCc2ccccc2)c1)C(=O)OCc1ccccc1)C(=O)CCc1ccc(OCc2ccccc2)c(OCc2ccccc2)c1. The Bertz CT molecular complexity index is 2910. The second-order valence-corrected chi connectivity index (χ2v) is 19.3. The normalized spacial score (nSPS) is 10.7. The van der Waals surface area contributed by atoms with Gasteiger partial charge in [-0.2, -0.15) is 0 Å². The molecule has 7 aromatic carbocycles. The van der Waals surface area contributed by atoms with E-state index in [2.05, 4.69) is 10.6 Å². The smallest absolute Gasteiger partial charge is 0.410 e. The van der Waals surface area contributed by atoms with Crippen molar-refractivity contribution in [1.82, 2.24) is 20.4 Å². The van der Waals surface area contributed by atoms with E-state index in [1.807, 2.05) is 193 Å². The van der Waals surface area contributed by atoms with Gasteiger partial charge in [0.25, 0.3) is 0 Å². The van der Waals surface area contributed by atoms with Gasteiger partial charge in [-0.3, -0.25) is 14.4 Å². The molecule has 2 N–H and O–H groups in total. The van der Waals surface area contributed by atoms with Gasteiger partial charge in [0.1, 0.15) is 33.0 Å². The molecule has 0 heterocycles. The summed E-state index contributed by atoms with van der Waals surface area (Å²) in [7, 11) is 0. The van der Waals surface area contributed by atoms with Crippen LogP contribution in [0.15, 0.2) is 188 Å². The summed E-state index contributed by atoms with van der Waals surface area (Å²) in [6.07, 6.45) is 3.45. The van der Waals surface area contributed by atoms with Crippen molar-refractivity contribution in [2.75, 3.05) is 39.3 Å². The van der Waals surface area contributed by atoms with Gasteiger partial charge in [0.05, 0.1) is 0 Å². The summed E-state index contributed by atoms with van der Waals surface area (Å²) in [5, 5.41) is 5.88. The highest BCUT2D eigenvalue weighted by molar-refractivity contribution is 5.77. The monoisotopic (exact) mass is 1070 g/mol. The molecule has 7 rings (SSSR count). The van der Waals surface area contributed by atoms with Gasteiger partial charge in [-0.25, -0.2) is 4.79 Å². The van der Waals surface area contributed by atoms with Gasteiger partial charge in [0.2, 0.25) is 17.7 Å². The molecule has 7 aromatic rings. The molecular weight excluding hydrogens is 993 g/mol. The number of carbonyl (C=O) groups excluding carboxylic acids is 4. The number of hydrogen-bond donors (Lipinski definition) is 2. The fraction of sp³-hybridized carbons (Fsp3) is 0.303. The zero-order valence-corrected chi connectivity index (χ0v) is 45.4. The zero-order valence-electron chi connectivity index (χ0n) is 45.4. The van der Waals surface area contributed by atoms with Crippen LogP contribution >= 0.6 is 0 Å². The highest BCUT2D eigenvalue weighted by Crippen LogP contribution is 2.32. The second kappa shape index (κ2) is 32.9. The van der Waals surface area contributed by atoms with E-state index >= 15 is 0 Å². The van der Waals surface area contributed by atoms with Crippen LogP contribution in [0, 0.1) is 0 Å². The molecule has 0 saturated heterocycles. The number of unbranched alkanes of at least 4 members (excludes halogenated alkanes) is 1. The molecule has 412 valence electrons. The van der Waals surface area contributed by atoms with E-state index in [1.165, 1.54) is 6.92 Å². The summed E-state index contributed by atoms with van der Waals surface area (Å²) >= 11 is 0. The Labute approximate surface area is 465 Å². The van der Waals surface area contributed by atoms with Crippen LogP contribution in [0.5, 0.6) is 23.0 Å². The third kappa shape index (κ3) is 21.4. The Kier molecular flexibility index (Phi) is 24.2. The predicted molar refractivity (Wildman–Crippen MR) is 308 cm³/mol. The highest BCUT2D eigenvalue weighted by atomic mass is 16.6. The van der Waals surface area contributed by atoms with Crippen molar-refractivity contribution < 1.29 is 42.9 Å². The Hall–Kier alpha value is -8.58. The molecule has 13 nitrogen and oxygen atoms in total. The number of nitrogens with one attached hydrogen (secondary N) is 2. The van der Waals surface area contributed by atoms with Crippen LogP contribution in [-0.4, -0.2) is 72.9 Å². The Balaban J connectivity index is 0.912. The highest BCUT2D eigenvalue weighted by Gasteiger charge is 2.19. The fourth-order valence-corrected chi connectivity index (χ4v) is 8.68. The number of carbonyl (C=O) groups is 4. The molecular formula is C66H74N4O9. The maximum absolute atomic E-state index is 14.0. The first-order valence-electron chi connectivity index (χ1n) is 27.4. The maximum Gasteiger partial charge on any atom is 0.410 e. The van der Waals surface area contributed by atoms with E-state index in [1.54, 1.807) is 4.90 Å². The minimum atomic E-state index is -0.441. The van der Waals surface area contributed by atoms with Crippen molar-refractivity contribution in [1.29, 1.82) is 0 Å². The van der Waals surface area contributed by atoms with E-state index < -0.39 is 6.09 Å².